The van der Waals surface area contributed by atoms with Gasteiger partial charge in [0.1, 0.15) is 0 Å². The van der Waals surface area contributed by atoms with Crippen molar-refractivity contribution in [3.05, 3.63) is 0 Å². The van der Waals surface area contributed by atoms with Gasteiger partial charge in [-0.2, -0.15) is 0 Å². The van der Waals surface area contributed by atoms with E-state index in [1.54, 1.807) is 11.9 Å². The minimum Gasteiger partial charge on any atom is -0.393 e. The molecule has 5 heteroatoms. The van der Waals surface area contributed by atoms with Gasteiger partial charge in [0.2, 0.25) is 5.91 Å². The van der Waals surface area contributed by atoms with Crippen LogP contribution in [-0.2, 0) is 9.53 Å². The smallest absolute Gasteiger partial charge is 0.228 e. The second-order valence-corrected chi connectivity index (χ2v) is 4.55. The molecule has 1 aliphatic heterocycles. The minimum atomic E-state index is 0.0174. The van der Waals surface area contributed by atoms with Crippen molar-refractivity contribution in [1.29, 1.82) is 0 Å². The molecule has 0 aliphatic carbocycles. The third-order valence-electron chi connectivity index (χ3n) is 2.78. The maximum atomic E-state index is 11.9. The molecule has 0 spiro atoms. The van der Waals surface area contributed by atoms with E-state index in [2.05, 4.69) is 0 Å². The van der Waals surface area contributed by atoms with Gasteiger partial charge in [-0.3, -0.25) is 4.79 Å². The van der Waals surface area contributed by atoms with Crippen LogP contribution in [0.15, 0.2) is 0 Å². The van der Waals surface area contributed by atoms with Crippen LogP contribution in [0.1, 0.15) is 19.8 Å². The number of nitrogens with two attached hydrogens (primary N) is 1. The first-order chi connectivity index (χ1) is 7.02. The van der Waals surface area contributed by atoms with Crippen LogP contribution in [0, 0.1) is 5.92 Å². The maximum absolute atomic E-state index is 11.9. The average Bonchev–Trinajstić information content (AvgIpc) is 2.67. The Balaban J connectivity index is 2.47. The summed E-state index contributed by atoms with van der Waals surface area (Å²) in [7, 11) is 1.80. The summed E-state index contributed by atoms with van der Waals surface area (Å²) in [5.74, 6) is 0.153. The Labute approximate surface area is 95.8 Å². The Morgan fingerprint density at radius 1 is 1.73 bits per heavy atom. The van der Waals surface area contributed by atoms with E-state index < -0.39 is 0 Å². The summed E-state index contributed by atoms with van der Waals surface area (Å²) in [6, 6.07) is 0.0654. The molecule has 1 heterocycles. The van der Waals surface area contributed by atoms with Crippen LogP contribution in [0.4, 0.5) is 0 Å². The van der Waals surface area contributed by atoms with Gasteiger partial charge in [-0.05, 0) is 13.3 Å². The van der Waals surface area contributed by atoms with Crippen LogP contribution in [0.2, 0.25) is 0 Å². The second-order valence-electron chi connectivity index (χ2n) is 4.03. The van der Waals surface area contributed by atoms with E-state index in [0.29, 0.717) is 24.6 Å². The van der Waals surface area contributed by atoms with Gasteiger partial charge in [0, 0.05) is 26.1 Å². The molecule has 0 saturated carbocycles. The molecule has 2 atom stereocenters. The quantitative estimate of drug-likeness (QED) is 0.716. The van der Waals surface area contributed by atoms with Crippen molar-refractivity contribution in [1.82, 2.24) is 4.90 Å². The summed E-state index contributed by atoms with van der Waals surface area (Å²) in [6.45, 7) is 3.18. The number of carbonyl (C=O) groups is 1. The highest BCUT2D eigenvalue weighted by molar-refractivity contribution is 7.80. The van der Waals surface area contributed by atoms with E-state index in [-0.39, 0.29) is 17.9 Å². The molecule has 0 radical (unpaired) electrons. The van der Waals surface area contributed by atoms with Gasteiger partial charge in [-0.1, -0.05) is 12.2 Å². The molecule has 2 N–H and O–H groups in total. The Kier molecular flexibility index (Phi) is 4.47. The lowest BCUT2D eigenvalue weighted by atomic mass is 10.1. The van der Waals surface area contributed by atoms with Gasteiger partial charge in [-0.15, -0.1) is 0 Å². The number of thiocarbonyl (C=S) groups is 1. The standard InChI is InChI=1S/C10H18N2O2S/c1-7(5-9(11)15)12(2)10(13)8-3-4-14-6-8/h7-8H,3-6H2,1-2H3,(H2,11,15). The van der Waals surface area contributed by atoms with E-state index in [4.69, 9.17) is 22.7 Å². The van der Waals surface area contributed by atoms with Crippen molar-refractivity contribution in [2.45, 2.75) is 25.8 Å². The molecule has 1 aliphatic rings. The number of hydrogen-bond donors (Lipinski definition) is 1. The summed E-state index contributed by atoms with van der Waals surface area (Å²) in [6.07, 6.45) is 1.40. The normalized spacial score (nSPS) is 22.4. The van der Waals surface area contributed by atoms with Gasteiger partial charge in [0.25, 0.3) is 0 Å². The van der Waals surface area contributed by atoms with Crippen molar-refractivity contribution in [2.24, 2.45) is 11.7 Å². The third-order valence-corrected chi connectivity index (χ3v) is 2.95. The zero-order valence-corrected chi connectivity index (χ0v) is 10.0. The summed E-state index contributed by atoms with van der Waals surface area (Å²) in [5.41, 5.74) is 5.45. The zero-order chi connectivity index (χ0) is 11.4. The predicted molar refractivity (Wildman–Crippen MR) is 62.6 cm³/mol. The Morgan fingerprint density at radius 2 is 2.40 bits per heavy atom. The topological polar surface area (TPSA) is 55.6 Å². The van der Waals surface area contributed by atoms with Crippen molar-refractivity contribution >= 4 is 23.1 Å². The number of amides is 1. The second kappa shape index (κ2) is 5.42. The Bertz CT molecular complexity index is 252. The van der Waals surface area contributed by atoms with E-state index in [1.165, 1.54) is 0 Å². The first kappa shape index (κ1) is 12.4. The van der Waals surface area contributed by atoms with Gasteiger partial charge < -0.3 is 15.4 Å². The van der Waals surface area contributed by atoms with Gasteiger partial charge in [-0.25, -0.2) is 0 Å². The molecule has 4 nitrogen and oxygen atoms in total. The van der Waals surface area contributed by atoms with Crippen molar-refractivity contribution < 1.29 is 9.53 Å². The molecular weight excluding hydrogens is 212 g/mol. The van der Waals surface area contributed by atoms with E-state index in [1.807, 2.05) is 6.92 Å². The fourth-order valence-corrected chi connectivity index (χ4v) is 1.90. The average molecular weight is 230 g/mol. The summed E-state index contributed by atoms with van der Waals surface area (Å²) >= 11 is 4.83. The Morgan fingerprint density at radius 3 is 2.87 bits per heavy atom. The van der Waals surface area contributed by atoms with E-state index in [0.717, 1.165) is 6.42 Å². The SMILES string of the molecule is CC(CC(N)=S)N(C)C(=O)C1CCOC1. The van der Waals surface area contributed by atoms with Crippen LogP contribution in [0.3, 0.4) is 0 Å². The van der Waals surface area contributed by atoms with Crippen LogP contribution in [0.25, 0.3) is 0 Å². The number of rotatable bonds is 4. The molecule has 1 amide bonds. The monoisotopic (exact) mass is 230 g/mol. The molecule has 0 aromatic rings. The largest absolute Gasteiger partial charge is 0.393 e. The molecule has 1 fully saturated rings. The lowest BCUT2D eigenvalue weighted by Gasteiger charge is -2.26. The summed E-state index contributed by atoms with van der Waals surface area (Å²) < 4.78 is 5.19. The lowest BCUT2D eigenvalue weighted by molar-refractivity contribution is -0.135. The van der Waals surface area contributed by atoms with Crippen molar-refractivity contribution in [3.63, 3.8) is 0 Å². The highest BCUT2D eigenvalue weighted by Gasteiger charge is 2.28. The zero-order valence-electron chi connectivity index (χ0n) is 9.23. The highest BCUT2D eigenvalue weighted by Crippen LogP contribution is 2.16. The van der Waals surface area contributed by atoms with Crippen LogP contribution in [-0.4, -0.2) is 42.1 Å². The predicted octanol–water partition coefficient (Wildman–Crippen LogP) is 0.546. The lowest BCUT2D eigenvalue weighted by Crippen LogP contribution is -2.41. The molecule has 0 aromatic heterocycles. The number of carbonyl (C=O) groups excluding carboxylic acids is 1. The summed E-state index contributed by atoms with van der Waals surface area (Å²) in [5, 5.41) is 0. The van der Waals surface area contributed by atoms with Gasteiger partial charge >= 0.3 is 0 Å². The minimum absolute atomic E-state index is 0.0174. The van der Waals surface area contributed by atoms with Crippen LogP contribution < -0.4 is 5.73 Å². The summed E-state index contributed by atoms with van der Waals surface area (Å²) in [4.78, 5) is 14.1. The molecule has 15 heavy (non-hydrogen) atoms. The van der Waals surface area contributed by atoms with Crippen molar-refractivity contribution in [3.8, 4) is 0 Å². The first-order valence-electron chi connectivity index (χ1n) is 5.15. The van der Waals surface area contributed by atoms with E-state index >= 15 is 0 Å². The fraction of sp³-hybridized carbons (Fsp3) is 0.800. The molecular formula is C10H18N2O2S. The van der Waals surface area contributed by atoms with Crippen LogP contribution in [0.5, 0.6) is 0 Å². The highest BCUT2D eigenvalue weighted by atomic mass is 32.1. The fourth-order valence-electron chi connectivity index (χ4n) is 1.66. The molecule has 1 saturated heterocycles. The first-order valence-corrected chi connectivity index (χ1v) is 5.56. The molecule has 0 bridgehead atoms. The Hall–Kier alpha value is -0.680. The van der Waals surface area contributed by atoms with Gasteiger partial charge in [0.15, 0.2) is 0 Å². The van der Waals surface area contributed by atoms with E-state index in [9.17, 15) is 4.79 Å². The van der Waals surface area contributed by atoms with Gasteiger partial charge in [0.05, 0.1) is 17.5 Å². The number of ether oxygens (including phenoxy) is 1. The third kappa shape index (κ3) is 3.43. The van der Waals surface area contributed by atoms with Crippen LogP contribution >= 0.6 is 12.2 Å². The molecule has 0 aromatic carbocycles. The number of hydrogen-bond acceptors (Lipinski definition) is 3. The number of nitrogens with zero attached hydrogens (tertiary/aromatic N) is 1. The maximum Gasteiger partial charge on any atom is 0.228 e. The van der Waals surface area contributed by atoms with Crippen molar-refractivity contribution in [2.75, 3.05) is 20.3 Å². The molecule has 2 unspecified atom stereocenters. The molecule has 86 valence electrons. The molecule has 1 rings (SSSR count).